The molecular formula is C25H18BrNO7. The second-order valence-corrected chi connectivity index (χ2v) is 8.65. The maximum Gasteiger partial charge on any atom is 0.290 e. The predicted octanol–water partition coefficient (Wildman–Crippen LogP) is 5.28. The Balaban J connectivity index is 1.62. The van der Waals surface area contributed by atoms with E-state index in [2.05, 4.69) is 15.9 Å². The van der Waals surface area contributed by atoms with Crippen LogP contribution in [0.15, 0.2) is 85.5 Å². The monoisotopic (exact) mass is 523 g/mol. The van der Waals surface area contributed by atoms with Crippen molar-refractivity contribution < 1.29 is 33.4 Å². The Morgan fingerprint density at radius 3 is 2.68 bits per heavy atom. The maximum absolute atomic E-state index is 13.6. The molecule has 8 nitrogen and oxygen atoms in total. The first-order valence-corrected chi connectivity index (χ1v) is 11.0. The number of aliphatic hydroxyl groups excluding tert-OH is 1. The molecule has 1 amide bonds. The molecular weight excluding hydrogens is 506 g/mol. The van der Waals surface area contributed by atoms with E-state index >= 15 is 0 Å². The Morgan fingerprint density at radius 1 is 1.15 bits per heavy atom. The van der Waals surface area contributed by atoms with E-state index < -0.39 is 23.5 Å². The molecule has 3 heterocycles. The second kappa shape index (κ2) is 8.42. The van der Waals surface area contributed by atoms with Crippen molar-refractivity contribution in [3.05, 3.63) is 93.7 Å². The van der Waals surface area contributed by atoms with Gasteiger partial charge in [0, 0.05) is 9.86 Å². The molecule has 0 bridgehead atoms. The number of nitrogens with zero attached hydrogens (tertiary/aromatic N) is 1. The third-order valence-electron chi connectivity index (χ3n) is 5.68. The summed E-state index contributed by atoms with van der Waals surface area (Å²) >= 11 is 3.39. The minimum atomic E-state index is -0.998. The van der Waals surface area contributed by atoms with Gasteiger partial charge in [0.15, 0.2) is 23.0 Å². The number of carbonyl (C=O) groups excluding carboxylic acids is 2. The first-order valence-electron chi connectivity index (χ1n) is 10.2. The summed E-state index contributed by atoms with van der Waals surface area (Å²) in [7, 11) is 1.41. The molecule has 1 aliphatic heterocycles. The molecule has 9 heteroatoms. The highest BCUT2D eigenvalue weighted by Crippen LogP contribution is 2.42. The normalized spacial score (nSPS) is 16.0. The molecule has 1 aliphatic rings. The minimum Gasteiger partial charge on any atom is -0.504 e. The lowest BCUT2D eigenvalue weighted by atomic mass is 9.94. The number of aliphatic hydroxyl groups is 1. The third kappa shape index (κ3) is 3.63. The van der Waals surface area contributed by atoms with Crippen LogP contribution in [-0.2, 0) is 11.3 Å². The molecule has 2 N–H and O–H groups in total. The summed E-state index contributed by atoms with van der Waals surface area (Å²) in [6.07, 6.45) is 1.47. The molecule has 0 aliphatic carbocycles. The number of hydrogen-bond donors (Lipinski definition) is 2. The summed E-state index contributed by atoms with van der Waals surface area (Å²) in [5.41, 5.74) is 0.741. The zero-order valence-corrected chi connectivity index (χ0v) is 19.4. The molecule has 0 saturated heterocycles. The van der Waals surface area contributed by atoms with Gasteiger partial charge in [0.05, 0.1) is 31.5 Å². The predicted molar refractivity (Wildman–Crippen MR) is 125 cm³/mol. The molecule has 0 saturated carbocycles. The van der Waals surface area contributed by atoms with Crippen molar-refractivity contribution in [3.8, 4) is 11.5 Å². The number of Topliss-reactive ketones (excluding diaryl/α,β-unsaturated/α-hetero) is 1. The fourth-order valence-electron chi connectivity index (χ4n) is 4.10. The largest absolute Gasteiger partial charge is 0.504 e. The standard InChI is InChI=1S/C25H18BrNO7/c1-32-19-6-4-13(10-17(19)28)22-21(24(30)25(31)27(22)12-16-3-2-8-33-16)23(29)20-11-14-9-15(26)5-7-18(14)34-20/h2-11,22,28,30H,12H2,1H3. The van der Waals surface area contributed by atoms with Gasteiger partial charge in [-0.25, -0.2) is 0 Å². The summed E-state index contributed by atoms with van der Waals surface area (Å²) in [5.74, 6) is -1.55. The number of amides is 1. The lowest BCUT2D eigenvalue weighted by Crippen LogP contribution is -2.30. The number of halogens is 1. The number of furan rings is 2. The molecule has 172 valence electrons. The SMILES string of the molecule is COc1ccc(C2C(C(=O)c3cc4cc(Br)ccc4o3)=C(O)C(=O)N2Cc2ccco2)cc1O. The molecule has 0 fully saturated rings. The van der Waals surface area contributed by atoms with E-state index in [0.717, 1.165) is 4.47 Å². The lowest BCUT2D eigenvalue weighted by Gasteiger charge is -2.26. The van der Waals surface area contributed by atoms with Crippen LogP contribution in [0, 0.1) is 0 Å². The number of benzene rings is 2. The van der Waals surface area contributed by atoms with E-state index in [-0.39, 0.29) is 29.4 Å². The molecule has 1 unspecified atom stereocenters. The van der Waals surface area contributed by atoms with Crippen molar-refractivity contribution in [1.29, 1.82) is 0 Å². The van der Waals surface area contributed by atoms with Crippen molar-refractivity contribution >= 4 is 38.6 Å². The van der Waals surface area contributed by atoms with Gasteiger partial charge >= 0.3 is 0 Å². The van der Waals surface area contributed by atoms with Gasteiger partial charge in [-0.3, -0.25) is 9.59 Å². The van der Waals surface area contributed by atoms with E-state index in [0.29, 0.717) is 22.3 Å². The van der Waals surface area contributed by atoms with Crippen LogP contribution in [-0.4, -0.2) is 33.9 Å². The van der Waals surface area contributed by atoms with Crippen LogP contribution in [0.2, 0.25) is 0 Å². The summed E-state index contributed by atoms with van der Waals surface area (Å²) in [4.78, 5) is 28.0. The van der Waals surface area contributed by atoms with Crippen LogP contribution in [0.25, 0.3) is 11.0 Å². The highest BCUT2D eigenvalue weighted by Gasteiger charge is 2.45. The van der Waals surface area contributed by atoms with E-state index in [4.69, 9.17) is 13.6 Å². The van der Waals surface area contributed by atoms with Crippen LogP contribution in [0.4, 0.5) is 0 Å². The summed E-state index contributed by atoms with van der Waals surface area (Å²) in [6.45, 7) is -0.00277. The molecule has 5 rings (SSSR count). The Bertz CT molecular complexity index is 1450. The fourth-order valence-corrected chi connectivity index (χ4v) is 4.48. The number of rotatable bonds is 6. The van der Waals surface area contributed by atoms with E-state index in [9.17, 15) is 19.8 Å². The molecule has 0 spiro atoms. The Kier molecular flexibility index (Phi) is 5.41. The lowest BCUT2D eigenvalue weighted by molar-refractivity contribution is -0.130. The van der Waals surface area contributed by atoms with Crippen molar-refractivity contribution in [2.75, 3.05) is 7.11 Å². The quantitative estimate of drug-likeness (QED) is 0.330. The number of fused-ring (bicyclic) bond motifs is 1. The molecule has 34 heavy (non-hydrogen) atoms. The van der Waals surface area contributed by atoms with Gasteiger partial charge in [0.1, 0.15) is 11.3 Å². The third-order valence-corrected chi connectivity index (χ3v) is 6.17. The molecule has 4 aromatic rings. The zero-order valence-electron chi connectivity index (χ0n) is 17.8. The van der Waals surface area contributed by atoms with E-state index in [1.165, 1.54) is 30.4 Å². The summed E-state index contributed by atoms with van der Waals surface area (Å²) in [6, 6.07) is 13.8. The second-order valence-electron chi connectivity index (χ2n) is 7.73. The number of hydrogen-bond acceptors (Lipinski definition) is 7. The number of methoxy groups -OCH3 is 1. The number of aromatic hydroxyl groups is 1. The van der Waals surface area contributed by atoms with Gasteiger partial charge in [0.25, 0.3) is 5.91 Å². The average Bonchev–Trinajstić information content (AvgIpc) is 3.54. The van der Waals surface area contributed by atoms with Crippen molar-refractivity contribution in [2.24, 2.45) is 0 Å². The van der Waals surface area contributed by atoms with Gasteiger partial charge in [-0.05, 0) is 54.1 Å². The molecule has 1 atom stereocenters. The Labute approximate surface area is 201 Å². The van der Waals surface area contributed by atoms with Crippen LogP contribution in [0.1, 0.15) is 27.9 Å². The minimum absolute atomic E-state index is 0.00277. The number of phenols is 1. The van der Waals surface area contributed by atoms with Gasteiger partial charge in [-0.2, -0.15) is 0 Å². The smallest absolute Gasteiger partial charge is 0.290 e. The number of phenolic OH excluding ortho intramolecular Hbond substituents is 1. The number of ketones is 1. The maximum atomic E-state index is 13.6. The Morgan fingerprint density at radius 2 is 1.97 bits per heavy atom. The summed E-state index contributed by atoms with van der Waals surface area (Å²) < 4.78 is 17.0. The fraction of sp³-hybridized carbons (Fsp3) is 0.120. The molecule has 2 aromatic heterocycles. The first-order chi connectivity index (χ1) is 16.4. The van der Waals surface area contributed by atoms with E-state index in [1.807, 2.05) is 0 Å². The topological polar surface area (TPSA) is 113 Å². The number of carbonyl (C=O) groups is 2. The van der Waals surface area contributed by atoms with Crippen LogP contribution in [0.3, 0.4) is 0 Å². The van der Waals surface area contributed by atoms with Crippen LogP contribution < -0.4 is 4.74 Å². The zero-order chi connectivity index (χ0) is 24.0. The highest BCUT2D eigenvalue weighted by molar-refractivity contribution is 9.10. The van der Waals surface area contributed by atoms with Crippen LogP contribution in [0.5, 0.6) is 11.5 Å². The van der Waals surface area contributed by atoms with Gasteiger partial charge in [-0.15, -0.1) is 0 Å². The number of ether oxygens (including phenoxy) is 1. The van der Waals surface area contributed by atoms with Gasteiger partial charge in [0.2, 0.25) is 5.78 Å². The molecule has 0 radical (unpaired) electrons. The van der Waals surface area contributed by atoms with E-state index in [1.54, 1.807) is 42.5 Å². The van der Waals surface area contributed by atoms with Gasteiger partial charge in [-0.1, -0.05) is 22.0 Å². The Hall–Kier alpha value is -3.98. The van der Waals surface area contributed by atoms with Crippen molar-refractivity contribution in [1.82, 2.24) is 4.90 Å². The average molecular weight is 524 g/mol. The first kappa shape index (κ1) is 21.8. The highest BCUT2D eigenvalue weighted by atomic mass is 79.9. The summed E-state index contributed by atoms with van der Waals surface area (Å²) in [5, 5.41) is 21.9. The van der Waals surface area contributed by atoms with Crippen molar-refractivity contribution in [3.63, 3.8) is 0 Å². The van der Waals surface area contributed by atoms with Crippen LogP contribution >= 0.6 is 15.9 Å². The van der Waals surface area contributed by atoms with Crippen molar-refractivity contribution in [2.45, 2.75) is 12.6 Å². The molecule has 2 aromatic carbocycles. The van der Waals surface area contributed by atoms with Gasteiger partial charge < -0.3 is 28.7 Å².